The molecule has 0 bridgehead atoms. The topological polar surface area (TPSA) is 33.2 Å². The van der Waals surface area contributed by atoms with Crippen molar-refractivity contribution in [1.29, 1.82) is 0 Å². The van der Waals surface area contributed by atoms with E-state index in [2.05, 4.69) is 11.9 Å². The van der Waals surface area contributed by atoms with Gasteiger partial charge in [0, 0.05) is 18.8 Å². The van der Waals surface area contributed by atoms with Crippen molar-refractivity contribution < 1.29 is 9.18 Å². The molecule has 1 atom stereocenters. The van der Waals surface area contributed by atoms with Gasteiger partial charge in [0.05, 0.1) is 17.2 Å². The number of aromatic nitrogens is 1. The molecule has 0 N–H and O–H groups in total. The fourth-order valence-corrected chi connectivity index (χ4v) is 3.05. The molecule has 0 saturated heterocycles. The number of hydrogen-bond acceptors (Lipinski definition) is 3. The molecular weight excluding hydrogens is 299 g/mol. The van der Waals surface area contributed by atoms with Crippen molar-refractivity contribution in [1.82, 2.24) is 9.88 Å². The average molecular weight is 320 g/mol. The Morgan fingerprint density at radius 3 is 2.77 bits per heavy atom. The van der Waals surface area contributed by atoms with Crippen LogP contribution < -0.4 is 0 Å². The maximum atomic E-state index is 13.7. The van der Waals surface area contributed by atoms with E-state index in [1.165, 1.54) is 6.07 Å². The third-order valence-corrected chi connectivity index (χ3v) is 4.69. The Morgan fingerprint density at radius 1 is 1.41 bits per heavy atom. The second kappa shape index (κ2) is 7.49. The van der Waals surface area contributed by atoms with Crippen molar-refractivity contribution in [3.8, 4) is 0 Å². The van der Waals surface area contributed by atoms with E-state index in [1.54, 1.807) is 41.5 Å². The molecule has 2 rings (SSSR count). The highest BCUT2D eigenvalue weighted by atomic mass is 32.1. The number of aryl methyl sites for hydroxylation is 1. The summed E-state index contributed by atoms with van der Waals surface area (Å²) in [6.45, 7) is 4.44. The van der Waals surface area contributed by atoms with Crippen molar-refractivity contribution in [3.05, 3.63) is 51.7 Å². The van der Waals surface area contributed by atoms with Crippen LogP contribution in [-0.4, -0.2) is 22.8 Å². The normalized spacial score (nSPS) is 12.2. The van der Waals surface area contributed by atoms with E-state index in [4.69, 9.17) is 0 Å². The summed E-state index contributed by atoms with van der Waals surface area (Å²) >= 11 is 1.62. The van der Waals surface area contributed by atoms with Gasteiger partial charge in [0.2, 0.25) is 5.91 Å². The predicted octanol–water partition coefficient (Wildman–Crippen LogP) is 4.00. The predicted molar refractivity (Wildman–Crippen MR) is 87.4 cm³/mol. The largest absolute Gasteiger partial charge is 0.340 e. The van der Waals surface area contributed by atoms with Gasteiger partial charge in [-0.15, -0.1) is 11.3 Å². The van der Waals surface area contributed by atoms with Gasteiger partial charge in [0.1, 0.15) is 5.82 Å². The quantitative estimate of drug-likeness (QED) is 0.806. The van der Waals surface area contributed by atoms with Gasteiger partial charge >= 0.3 is 0 Å². The van der Waals surface area contributed by atoms with E-state index < -0.39 is 0 Å². The van der Waals surface area contributed by atoms with Crippen LogP contribution in [0.2, 0.25) is 0 Å². The summed E-state index contributed by atoms with van der Waals surface area (Å²) in [6, 6.07) is 6.63. The van der Waals surface area contributed by atoms with Crippen molar-refractivity contribution >= 4 is 17.2 Å². The Hall–Kier alpha value is -1.75. The molecule has 0 fully saturated rings. The van der Waals surface area contributed by atoms with Crippen LogP contribution in [0.3, 0.4) is 0 Å². The van der Waals surface area contributed by atoms with E-state index >= 15 is 0 Å². The molecule has 1 aromatic heterocycles. The highest BCUT2D eigenvalue weighted by molar-refractivity contribution is 7.09. The molecule has 0 aliphatic heterocycles. The zero-order valence-electron chi connectivity index (χ0n) is 13.2. The van der Waals surface area contributed by atoms with Crippen LogP contribution in [0.5, 0.6) is 0 Å². The Morgan fingerprint density at radius 2 is 2.14 bits per heavy atom. The van der Waals surface area contributed by atoms with Gasteiger partial charge in [0.25, 0.3) is 0 Å². The van der Waals surface area contributed by atoms with Gasteiger partial charge in [0.15, 0.2) is 0 Å². The molecule has 5 heteroatoms. The van der Waals surface area contributed by atoms with E-state index in [-0.39, 0.29) is 17.6 Å². The fourth-order valence-electron chi connectivity index (χ4n) is 2.32. The zero-order chi connectivity index (χ0) is 16.1. The van der Waals surface area contributed by atoms with Crippen LogP contribution in [0.4, 0.5) is 4.39 Å². The number of nitrogens with zero attached hydrogens (tertiary/aromatic N) is 2. The number of benzene rings is 1. The molecule has 0 aliphatic carbocycles. The lowest BCUT2D eigenvalue weighted by Gasteiger charge is -2.19. The van der Waals surface area contributed by atoms with Crippen molar-refractivity contribution in [2.24, 2.45) is 0 Å². The molecule has 0 radical (unpaired) electrons. The molecule has 1 aromatic carbocycles. The SMILES string of the molecule is CCc1nc(CN(C)C(=O)CC(C)c2ccccc2F)cs1. The molecule has 0 spiro atoms. The van der Waals surface area contributed by atoms with Gasteiger partial charge in [-0.25, -0.2) is 9.37 Å². The maximum absolute atomic E-state index is 13.7. The second-order valence-corrected chi connectivity index (χ2v) is 6.41. The number of rotatable bonds is 6. The Kier molecular flexibility index (Phi) is 5.66. The molecule has 0 aliphatic rings. The maximum Gasteiger partial charge on any atom is 0.223 e. The van der Waals surface area contributed by atoms with Crippen LogP contribution in [0.25, 0.3) is 0 Å². The van der Waals surface area contributed by atoms with E-state index in [9.17, 15) is 9.18 Å². The molecule has 118 valence electrons. The highest BCUT2D eigenvalue weighted by Crippen LogP contribution is 2.23. The first-order chi connectivity index (χ1) is 10.5. The van der Waals surface area contributed by atoms with E-state index in [1.807, 2.05) is 12.3 Å². The lowest BCUT2D eigenvalue weighted by atomic mass is 9.96. The van der Waals surface area contributed by atoms with Gasteiger partial charge in [-0.2, -0.15) is 0 Å². The first kappa shape index (κ1) is 16.6. The Balaban J connectivity index is 1.95. The molecule has 1 amide bonds. The third-order valence-electron chi connectivity index (χ3n) is 3.64. The number of carbonyl (C=O) groups excluding carboxylic acids is 1. The molecule has 22 heavy (non-hydrogen) atoms. The zero-order valence-corrected chi connectivity index (χ0v) is 14.0. The number of amides is 1. The van der Waals surface area contributed by atoms with Gasteiger partial charge < -0.3 is 4.90 Å². The number of hydrogen-bond donors (Lipinski definition) is 0. The second-order valence-electron chi connectivity index (χ2n) is 5.46. The van der Waals surface area contributed by atoms with Crippen molar-refractivity contribution in [2.75, 3.05) is 7.05 Å². The molecular formula is C17H21FN2OS. The summed E-state index contributed by atoms with van der Waals surface area (Å²) in [5.74, 6) is -0.392. The van der Waals surface area contributed by atoms with Crippen LogP contribution >= 0.6 is 11.3 Å². The number of carbonyl (C=O) groups is 1. The van der Waals surface area contributed by atoms with Crippen LogP contribution in [-0.2, 0) is 17.8 Å². The molecule has 1 heterocycles. The molecule has 1 unspecified atom stereocenters. The highest BCUT2D eigenvalue weighted by Gasteiger charge is 2.18. The lowest BCUT2D eigenvalue weighted by Crippen LogP contribution is -2.27. The van der Waals surface area contributed by atoms with Crippen molar-refractivity contribution in [2.45, 2.75) is 39.2 Å². The summed E-state index contributed by atoms with van der Waals surface area (Å²) in [4.78, 5) is 18.4. The van der Waals surface area contributed by atoms with Crippen molar-refractivity contribution in [3.63, 3.8) is 0 Å². The van der Waals surface area contributed by atoms with Crippen LogP contribution in [0.15, 0.2) is 29.6 Å². The summed E-state index contributed by atoms with van der Waals surface area (Å²) in [7, 11) is 1.77. The lowest BCUT2D eigenvalue weighted by molar-refractivity contribution is -0.130. The van der Waals surface area contributed by atoms with E-state index in [0.29, 0.717) is 18.5 Å². The van der Waals surface area contributed by atoms with E-state index in [0.717, 1.165) is 17.1 Å². The van der Waals surface area contributed by atoms with Crippen LogP contribution in [0, 0.1) is 5.82 Å². The Bertz CT molecular complexity index is 641. The minimum Gasteiger partial charge on any atom is -0.340 e. The summed E-state index contributed by atoms with van der Waals surface area (Å²) < 4.78 is 13.7. The summed E-state index contributed by atoms with van der Waals surface area (Å²) in [5.41, 5.74) is 1.50. The average Bonchev–Trinajstić information content (AvgIpc) is 2.95. The third kappa shape index (κ3) is 4.13. The monoisotopic (exact) mass is 320 g/mol. The molecule has 0 saturated carbocycles. The Labute approximate surface area is 134 Å². The first-order valence-electron chi connectivity index (χ1n) is 7.43. The van der Waals surface area contributed by atoms with Gasteiger partial charge in [-0.3, -0.25) is 4.79 Å². The minimum absolute atomic E-state index is 0.00167. The standard InChI is InChI=1S/C17H21FN2OS/c1-4-16-19-13(11-22-16)10-20(3)17(21)9-12(2)14-7-5-6-8-15(14)18/h5-8,11-12H,4,9-10H2,1-3H3. The molecule has 3 nitrogen and oxygen atoms in total. The first-order valence-corrected chi connectivity index (χ1v) is 8.30. The summed E-state index contributed by atoms with van der Waals surface area (Å²) in [5, 5.41) is 3.07. The fraction of sp³-hybridized carbons (Fsp3) is 0.412. The van der Waals surface area contributed by atoms with Gasteiger partial charge in [-0.05, 0) is 24.0 Å². The number of thiazole rings is 1. The minimum atomic E-state index is -0.252. The molecule has 2 aromatic rings. The van der Waals surface area contributed by atoms with Crippen LogP contribution in [0.1, 0.15) is 42.5 Å². The smallest absolute Gasteiger partial charge is 0.223 e. The summed E-state index contributed by atoms with van der Waals surface area (Å²) in [6.07, 6.45) is 1.20. The number of halogens is 1. The van der Waals surface area contributed by atoms with Gasteiger partial charge in [-0.1, -0.05) is 32.0 Å².